The van der Waals surface area contributed by atoms with Crippen molar-refractivity contribution < 1.29 is 9.90 Å². The Kier molecular flexibility index (Phi) is 4.97. The van der Waals surface area contributed by atoms with Crippen LogP contribution in [0.1, 0.15) is 22.8 Å². The molecule has 0 saturated heterocycles. The van der Waals surface area contributed by atoms with Crippen LogP contribution in [0.2, 0.25) is 0 Å². The van der Waals surface area contributed by atoms with Gasteiger partial charge in [-0.2, -0.15) is 0 Å². The fourth-order valence-corrected chi connectivity index (χ4v) is 1.45. The molecule has 0 heterocycles. The van der Waals surface area contributed by atoms with Crippen molar-refractivity contribution in [3.63, 3.8) is 0 Å². The summed E-state index contributed by atoms with van der Waals surface area (Å²) >= 11 is 0. The summed E-state index contributed by atoms with van der Waals surface area (Å²) in [6.45, 7) is 6.27. The summed E-state index contributed by atoms with van der Waals surface area (Å²) < 4.78 is 0. The molecule has 0 radical (unpaired) electrons. The summed E-state index contributed by atoms with van der Waals surface area (Å²) in [6.07, 6.45) is 0. The van der Waals surface area contributed by atoms with Crippen molar-refractivity contribution in [1.82, 2.24) is 10.2 Å². The van der Waals surface area contributed by atoms with Crippen LogP contribution in [0.3, 0.4) is 0 Å². The molecule has 0 aromatic heterocycles. The normalized spacial score (nSPS) is 10.6. The molecule has 0 aliphatic carbocycles. The first-order chi connectivity index (χ1) is 8.04. The number of amides is 1. The smallest absolute Gasteiger partial charge is 0.255 e. The van der Waals surface area contributed by atoms with Gasteiger partial charge in [-0.05, 0) is 38.2 Å². The number of phenols is 1. The van der Waals surface area contributed by atoms with E-state index in [9.17, 15) is 9.90 Å². The molecule has 4 heteroatoms. The van der Waals surface area contributed by atoms with Gasteiger partial charge in [0.1, 0.15) is 5.75 Å². The van der Waals surface area contributed by atoms with E-state index in [1.54, 1.807) is 12.1 Å². The molecule has 0 aliphatic rings. The number of nitrogens with one attached hydrogen (secondary N) is 1. The highest BCUT2D eigenvalue weighted by Crippen LogP contribution is 2.17. The predicted octanol–water partition coefficient (Wildman–Crippen LogP) is 1.38. The molecule has 1 aromatic rings. The van der Waals surface area contributed by atoms with Gasteiger partial charge in [0.2, 0.25) is 0 Å². The number of aryl methyl sites for hydroxylation is 1. The summed E-state index contributed by atoms with van der Waals surface area (Å²) in [7, 11) is 2.00. The fraction of sp³-hybridized carbons (Fsp3) is 0.462. The first kappa shape index (κ1) is 13.5. The number of phenolic OH excluding ortho intramolecular Hbond substituents is 1. The van der Waals surface area contributed by atoms with Crippen molar-refractivity contribution in [3.8, 4) is 5.75 Å². The second-order valence-electron chi connectivity index (χ2n) is 4.17. The lowest BCUT2D eigenvalue weighted by atomic mass is 10.1. The molecule has 0 unspecified atom stereocenters. The average Bonchev–Trinajstić information content (AvgIpc) is 2.28. The van der Waals surface area contributed by atoms with E-state index in [1.165, 1.54) is 0 Å². The first-order valence-corrected chi connectivity index (χ1v) is 5.81. The minimum Gasteiger partial charge on any atom is -0.507 e. The molecule has 0 saturated carbocycles. The van der Waals surface area contributed by atoms with Crippen LogP contribution in [0.5, 0.6) is 5.75 Å². The molecule has 2 N–H and O–H groups in total. The lowest BCUT2D eigenvalue weighted by Crippen LogP contribution is -2.32. The molecule has 1 rings (SSSR count). The first-order valence-electron chi connectivity index (χ1n) is 5.81. The van der Waals surface area contributed by atoms with Gasteiger partial charge in [0.05, 0.1) is 5.56 Å². The van der Waals surface area contributed by atoms with Crippen molar-refractivity contribution >= 4 is 5.91 Å². The molecule has 17 heavy (non-hydrogen) atoms. The third-order valence-corrected chi connectivity index (χ3v) is 2.72. The van der Waals surface area contributed by atoms with Crippen molar-refractivity contribution in [2.75, 3.05) is 26.7 Å². The third-order valence-electron chi connectivity index (χ3n) is 2.72. The van der Waals surface area contributed by atoms with Gasteiger partial charge in [-0.3, -0.25) is 4.79 Å². The van der Waals surface area contributed by atoms with Crippen molar-refractivity contribution in [2.45, 2.75) is 13.8 Å². The molecule has 0 atom stereocenters. The van der Waals surface area contributed by atoms with E-state index >= 15 is 0 Å². The van der Waals surface area contributed by atoms with Crippen LogP contribution in [-0.4, -0.2) is 42.6 Å². The van der Waals surface area contributed by atoms with Gasteiger partial charge in [-0.25, -0.2) is 0 Å². The van der Waals surface area contributed by atoms with E-state index in [4.69, 9.17) is 0 Å². The number of hydrogen-bond acceptors (Lipinski definition) is 3. The Morgan fingerprint density at radius 1 is 1.47 bits per heavy atom. The lowest BCUT2D eigenvalue weighted by molar-refractivity contribution is 0.0947. The Labute approximate surface area is 102 Å². The molecule has 0 bridgehead atoms. The lowest BCUT2D eigenvalue weighted by Gasteiger charge is -2.14. The Balaban J connectivity index is 2.52. The molecule has 1 amide bonds. The zero-order valence-corrected chi connectivity index (χ0v) is 10.7. The Bertz CT molecular complexity index is 391. The van der Waals surface area contributed by atoms with Crippen LogP contribution in [0.25, 0.3) is 0 Å². The maximum Gasteiger partial charge on any atom is 0.255 e. The monoisotopic (exact) mass is 236 g/mol. The van der Waals surface area contributed by atoms with Crippen LogP contribution < -0.4 is 5.32 Å². The topological polar surface area (TPSA) is 52.6 Å². The number of benzene rings is 1. The number of likely N-dealkylation sites (N-methyl/N-ethyl adjacent to an activating group) is 1. The minimum absolute atomic E-state index is 0.0337. The summed E-state index contributed by atoms with van der Waals surface area (Å²) in [5, 5.41) is 12.4. The largest absolute Gasteiger partial charge is 0.507 e. The molecule has 0 fully saturated rings. The fourth-order valence-electron chi connectivity index (χ4n) is 1.45. The van der Waals surface area contributed by atoms with Gasteiger partial charge in [-0.15, -0.1) is 0 Å². The second kappa shape index (κ2) is 6.25. The summed E-state index contributed by atoms with van der Waals surface area (Å²) in [6, 6.07) is 5.05. The van der Waals surface area contributed by atoms with Gasteiger partial charge >= 0.3 is 0 Å². The molecule has 94 valence electrons. The van der Waals surface area contributed by atoms with E-state index in [-0.39, 0.29) is 11.7 Å². The number of carbonyl (C=O) groups is 1. The van der Waals surface area contributed by atoms with Crippen molar-refractivity contribution in [2.24, 2.45) is 0 Å². The van der Waals surface area contributed by atoms with Gasteiger partial charge in [0.15, 0.2) is 0 Å². The number of nitrogens with zero attached hydrogens (tertiary/aromatic N) is 1. The van der Waals surface area contributed by atoms with E-state index in [2.05, 4.69) is 17.1 Å². The maximum atomic E-state index is 11.8. The second-order valence-corrected chi connectivity index (χ2v) is 4.17. The van der Waals surface area contributed by atoms with Gasteiger partial charge in [0, 0.05) is 13.1 Å². The van der Waals surface area contributed by atoms with E-state index in [0.29, 0.717) is 12.1 Å². The molecule has 0 aliphatic heterocycles. The van der Waals surface area contributed by atoms with Gasteiger partial charge in [0.25, 0.3) is 5.91 Å². The SMILES string of the molecule is CCN(C)CCNC(=O)c1ccc(C)cc1O. The van der Waals surface area contributed by atoms with Gasteiger partial charge < -0.3 is 15.3 Å². The molecular weight excluding hydrogens is 216 g/mol. The summed E-state index contributed by atoms with van der Waals surface area (Å²) in [5.74, 6) is -0.196. The summed E-state index contributed by atoms with van der Waals surface area (Å²) in [4.78, 5) is 13.9. The standard InChI is InChI=1S/C13H20N2O2/c1-4-15(3)8-7-14-13(17)11-6-5-10(2)9-12(11)16/h5-6,9,16H,4,7-8H2,1-3H3,(H,14,17). The van der Waals surface area contributed by atoms with Crippen LogP contribution >= 0.6 is 0 Å². The van der Waals surface area contributed by atoms with E-state index < -0.39 is 0 Å². The van der Waals surface area contributed by atoms with Gasteiger partial charge in [-0.1, -0.05) is 13.0 Å². The highest BCUT2D eigenvalue weighted by Gasteiger charge is 2.10. The highest BCUT2D eigenvalue weighted by atomic mass is 16.3. The van der Waals surface area contributed by atoms with E-state index in [0.717, 1.165) is 18.7 Å². The summed E-state index contributed by atoms with van der Waals surface area (Å²) in [5.41, 5.74) is 1.26. The van der Waals surface area contributed by atoms with Crippen LogP contribution in [0.4, 0.5) is 0 Å². The predicted molar refractivity (Wildman–Crippen MR) is 68.3 cm³/mol. The molecule has 0 spiro atoms. The average molecular weight is 236 g/mol. The molecular formula is C13H20N2O2. The van der Waals surface area contributed by atoms with Crippen molar-refractivity contribution in [3.05, 3.63) is 29.3 Å². The van der Waals surface area contributed by atoms with Crippen molar-refractivity contribution in [1.29, 1.82) is 0 Å². The number of hydrogen-bond donors (Lipinski definition) is 2. The minimum atomic E-state index is -0.230. The van der Waals surface area contributed by atoms with Crippen LogP contribution in [0, 0.1) is 6.92 Å². The Hall–Kier alpha value is -1.55. The quantitative estimate of drug-likeness (QED) is 0.812. The Morgan fingerprint density at radius 3 is 2.76 bits per heavy atom. The number of rotatable bonds is 5. The van der Waals surface area contributed by atoms with Crippen LogP contribution in [0.15, 0.2) is 18.2 Å². The number of aromatic hydroxyl groups is 1. The maximum absolute atomic E-state index is 11.8. The Morgan fingerprint density at radius 2 is 2.18 bits per heavy atom. The van der Waals surface area contributed by atoms with Crippen LogP contribution in [-0.2, 0) is 0 Å². The number of carbonyl (C=O) groups excluding carboxylic acids is 1. The third kappa shape index (κ3) is 4.07. The molecule has 1 aromatic carbocycles. The zero-order chi connectivity index (χ0) is 12.8. The zero-order valence-electron chi connectivity index (χ0n) is 10.7. The van der Waals surface area contributed by atoms with E-state index in [1.807, 2.05) is 20.0 Å². The molecule has 4 nitrogen and oxygen atoms in total. The highest BCUT2D eigenvalue weighted by molar-refractivity contribution is 5.96.